The van der Waals surface area contributed by atoms with E-state index in [4.69, 9.17) is 4.18 Å². The molecule has 0 saturated heterocycles. The van der Waals surface area contributed by atoms with Gasteiger partial charge in [0.15, 0.2) is 0 Å². The van der Waals surface area contributed by atoms with E-state index in [0.717, 1.165) is 11.8 Å². The van der Waals surface area contributed by atoms with E-state index in [-0.39, 0.29) is 11.7 Å². The van der Waals surface area contributed by atoms with Crippen molar-refractivity contribution in [3.8, 4) is 5.75 Å². The van der Waals surface area contributed by atoms with Crippen molar-refractivity contribution in [2.24, 2.45) is 5.92 Å². The summed E-state index contributed by atoms with van der Waals surface area (Å²) in [6.45, 7) is 7.06. The number of nitrogens with zero attached hydrogens (tertiary/aromatic N) is 1. The molecule has 6 heteroatoms. The molecule has 0 bridgehead atoms. The Morgan fingerprint density at radius 3 is 2.52 bits per heavy atom. The van der Waals surface area contributed by atoms with E-state index < -0.39 is 10.1 Å². The monoisotopic (exact) mass is 313 g/mol. The molecule has 0 aliphatic rings. The summed E-state index contributed by atoms with van der Waals surface area (Å²) < 4.78 is 27.2. The summed E-state index contributed by atoms with van der Waals surface area (Å²) in [6, 6.07) is 6.81. The maximum absolute atomic E-state index is 12.0. The molecule has 0 saturated carbocycles. The van der Waals surface area contributed by atoms with Gasteiger partial charge in [-0.1, -0.05) is 32.9 Å². The van der Waals surface area contributed by atoms with Gasteiger partial charge in [-0.05, 0) is 23.6 Å². The zero-order valence-corrected chi connectivity index (χ0v) is 13.8. The van der Waals surface area contributed by atoms with E-state index in [9.17, 15) is 13.2 Å². The van der Waals surface area contributed by atoms with Gasteiger partial charge in [-0.25, -0.2) is 0 Å². The number of hydrogen-bond acceptors (Lipinski definition) is 4. The van der Waals surface area contributed by atoms with Crippen LogP contribution in [0.25, 0.3) is 0 Å². The highest BCUT2D eigenvalue weighted by Gasteiger charge is 2.14. The fraction of sp³-hybridized carbons (Fsp3) is 0.533. The van der Waals surface area contributed by atoms with E-state index in [2.05, 4.69) is 13.8 Å². The van der Waals surface area contributed by atoms with Crippen molar-refractivity contribution >= 4 is 16.0 Å². The number of hydrogen-bond donors (Lipinski definition) is 0. The topological polar surface area (TPSA) is 63.7 Å². The molecular weight excluding hydrogens is 290 g/mol. The molecule has 0 unspecified atom stereocenters. The first-order chi connectivity index (χ1) is 9.71. The fourth-order valence-electron chi connectivity index (χ4n) is 2.01. The molecule has 0 atom stereocenters. The highest BCUT2D eigenvalue weighted by Crippen LogP contribution is 2.17. The molecule has 0 aliphatic carbocycles. The molecule has 1 aromatic carbocycles. The number of rotatable bonds is 7. The van der Waals surface area contributed by atoms with Gasteiger partial charge in [0.2, 0.25) is 5.91 Å². The second kappa shape index (κ2) is 7.45. The van der Waals surface area contributed by atoms with E-state index in [0.29, 0.717) is 25.4 Å². The van der Waals surface area contributed by atoms with E-state index in [1.165, 1.54) is 0 Å². The Bertz CT molecular complexity index is 581. The summed E-state index contributed by atoms with van der Waals surface area (Å²) in [5.74, 6) is 0.720. The molecule has 1 rings (SSSR count). The summed E-state index contributed by atoms with van der Waals surface area (Å²) in [4.78, 5) is 13.7. The van der Waals surface area contributed by atoms with Crippen molar-refractivity contribution in [1.29, 1.82) is 0 Å². The van der Waals surface area contributed by atoms with Crippen LogP contribution in [0.5, 0.6) is 5.75 Å². The molecule has 5 nitrogen and oxygen atoms in total. The first kappa shape index (κ1) is 17.5. The van der Waals surface area contributed by atoms with Crippen LogP contribution in [-0.4, -0.2) is 32.0 Å². The van der Waals surface area contributed by atoms with Crippen molar-refractivity contribution in [3.05, 3.63) is 29.8 Å². The van der Waals surface area contributed by atoms with Crippen LogP contribution in [0.15, 0.2) is 24.3 Å². The molecule has 0 aliphatic heterocycles. The minimum absolute atomic E-state index is 0.0816. The molecular formula is C15H23NO4S. The third-order valence-electron chi connectivity index (χ3n) is 2.76. The molecule has 118 valence electrons. The molecule has 0 spiro atoms. The number of carbonyl (C=O) groups is 1. The lowest BCUT2D eigenvalue weighted by atomic mass is 10.1. The van der Waals surface area contributed by atoms with Gasteiger partial charge in [0.05, 0.1) is 6.26 Å². The van der Waals surface area contributed by atoms with Crippen LogP contribution < -0.4 is 4.18 Å². The van der Waals surface area contributed by atoms with Gasteiger partial charge in [0, 0.05) is 19.5 Å². The smallest absolute Gasteiger partial charge is 0.306 e. The fourth-order valence-corrected chi connectivity index (χ4v) is 2.46. The molecule has 21 heavy (non-hydrogen) atoms. The van der Waals surface area contributed by atoms with Crippen molar-refractivity contribution < 1.29 is 17.4 Å². The van der Waals surface area contributed by atoms with Gasteiger partial charge < -0.3 is 9.08 Å². The minimum atomic E-state index is -3.54. The number of benzene rings is 1. The molecule has 0 aromatic heterocycles. The lowest BCUT2D eigenvalue weighted by molar-refractivity contribution is -0.132. The Morgan fingerprint density at radius 2 is 2.00 bits per heavy atom. The van der Waals surface area contributed by atoms with Crippen LogP contribution in [0.1, 0.15) is 32.8 Å². The Morgan fingerprint density at radius 1 is 1.33 bits per heavy atom. The zero-order chi connectivity index (χ0) is 16.0. The van der Waals surface area contributed by atoms with Gasteiger partial charge in [-0.2, -0.15) is 8.42 Å². The number of carbonyl (C=O) groups excluding carboxylic acids is 1. The third kappa shape index (κ3) is 6.62. The first-order valence-corrected chi connectivity index (χ1v) is 8.79. The summed E-state index contributed by atoms with van der Waals surface area (Å²) in [6.07, 6.45) is 1.46. The second-order valence-corrected chi connectivity index (χ2v) is 7.03. The Kier molecular flexibility index (Phi) is 6.20. The van der Waals surface area contributed by atoms with Crippen molar-refractivity contribution in [2.75, 3.05) is 12.8 Å². The predicted molar refractivity (Wildman–Crippen MR) is 82.5 cm³/mol. The molecule has 1 aromatic rings. The van der Waals surface area contributed by atoms with Crippen LogP contribution in [-0.2, 0) is 21.5 Å². The first-order valence-electron chi connectivity index (χ1n) is 6.97. The Hall–Kier alpha value is -1.56. The molecule has 1 amide bonds. The Labute approximate surface area is 127 Å². The zero-order valence-electron chi connectivity index (χ0n) is 13.0. The molecule has 0 N–H and O–H groups in total. The summed E-state index contributed by atoms with van der Waals surface area (Å²) in [7, 11) is -3.54. The largest absolute Gasteiger partial charge is 0.383 e. The van der Waals surface area contributed by atoms with Crippen molar-refractivity contribution in [1.82, 2.24) is 4.90 Å². The van der Waals surface area contributed by atoms with Crippen LogP contribution in [0.3, 0.4) is 0 Å². The Balaban J connectivity index is 2.88. The normalized spacial score (nSPS) is 11.5. The van der Waals surface area contributed by atoms with Crippen LogP contribution in [0, 0.1) is 5.92 Å². The van der Waals surface area contributed by atoms with Gasteiger partial charge >= 0.3 is 10.1 Å². The van der Waals surface area contributed by atoms with Gasteiger partial charge in [-0.3, -0.25) is 4.79 Å². The van der Waals surface area contributed by atoms with Gasteiger partial charge in [-0.15, -0.1) is 0 Å². The summed E-state index contributed by atoms with van der Waals surface area (Å²) in [5, 5.41) is 0. The van der Waals surface area contributed by atoms with Crippen molar-refractivity contribution in [2.45, 2.75) is 33.7 Å². The highest BCUT2D eigenvalue weighted by atomic mass is 32.2. The van der Waals surface area contributed by atoms with Crippen LogP contribution >= 0.6 is 0 Å². The van der Waals surface area contributed by atoms with Crippen LogP contribution in [0.2, 0.25) is 0 Å². The van der Waals surface area contributed by atoms with Gasteiger partial charge in [0.25, 0.3) is 0 Å². The second-order valence-electron chi connectivity index (χ2n) is 5.46. The van der Waals surface area contributed by atoms with E-state index >= 15 is 0 Å². The number of amides is 1. The van der Waals surface area contributed by atoms with Gasteiger partial charge in [0.1, 0.15) is 5.75 Å². The standard InChI is InChI=1S/C15H23NO4S/c1-5-15(17)16(10-12(2)3)11-13-7-6-8-14(9-13)20-21(4,18)19/h6-9,12H,5,10-11H2,1-4H3. The lowest BCUT2D eigenvalue weighted by Crippen LogP contribution is -2.33. The summed E-state index contributed by atoms with van der Waals surface area (Å²) in [5.41, 5.74) is 0.846. The molecule has 0 heterocycles. The van der Waals surface area contributed by atoms with Crippen molar-refractivity contribution in [3.63, 3.8) is 0 Å². The minimum Gasteiger partial charge on any atom is -0.383 e. The van der Waals surface area contributed by atoms with E-state index in [1.807, 2.05) is 13.0 Å². The SMILES string of the molecule is CCC(=O)N(Cc1cccc(OS(C)(=O)=O)c1)CC(C)C. The quantitative estimate of drug-likeness (QED) is 0.725. The third-order valence-corrected chi connectivity index (χ3v) is 3.26. The summed E-state index contributed by atoms with van der Waals surface area (Å²) >= 11 is 0. The maximum atomic E-state index is 12.0. The van der Waals surface area contributed by atoms with Crippen LogP contribution in [0.4, 0.5) is 0 Å². The highest BCUT2D eigenvalue weighted by molar-refractivity contribution is 7.86. The average Bonchev–Trinajstić information content (AvgIpc) is 2.35. The average molecular weight is 313 g/mol. The molecule has 0 fully saturated rings. The van der Waals surface area contributed by atoms with E-state index in [1.54, 1.807) is 23.1 Å². The molecule has 0 radical (unpaired) electrons. The maximum Gasteiger partial charge on any atom is 0.306 e. The predicted octanol–water partition coefficient (Wildman–Crippen LogP) is 2.42. The lowest BCUT2D eigenvalue weighted by Gasteiger charge is -2.24.